The molecule has 2 amide bonds. The number of nitrogens with one attached hydrogen (secondary N) is 2. The number of aromatic nitrogens is 3. The van der Waals surface area contributed by atoms with Crippen LogP contribution in [-0.2, 0) is 23.9 Å². The van der Waals surface area contributed by atoms with Crippen molar-refractivity contribution in [2.75, 3.05) is 53.7 Å². The van der Waals surface area contributed by atoms with Crippen molar-refractivity contribution < 1.29 is 118 Å². The van der Waals surface area contributed by atoms with Gasteiger partial charge in [0.1, 0.15) is 28.2 Å². The van der Waals surface area contributed by atoms with E-state index in [1.54, 1.807) is 0 Å². The van der Waals surface area contributed by atoms with Crippen LogP contribution in [0.5, 0.6) is 17.6 Å². The van der Waals surface area contributed by atoms with Gasteiger partial charge < -0.3 is 86.4 Å². The Hall–Kier alpha value is -5.18. The van der Waals surface area contributed by atoms with Crippen LogP contribution in [0.25, 0.3) is 0 Å². The van der Waals surface area contributed by atoms with Crippen molar-refractivity contribution in [3.63, 3.8) is 0 Å². The minimum Gasteiger partial charge on any atom is -0.870 e. The number of nitrogens with zero attached hydrogens (tertiary/aromatic N) is 3. The molecule has 12 aliphatic carbocycles. The normalized spacial score (nSPS) is 38.5. The van der Waals surface area contributed by atoms with Gasteiger partial charge in [-0.05, 0) is 329 Å². The maximum absolute atomic E-state index is 12.3. The Morgan fingerprint density at radius 2 is 0.710 bits per heavy atom. The number of aromatic carboxylic acids is 1. The molecule has 12 fully saturated rings. The number of methoxy groups -OCH3 is 2. The molecule has 15 rings (SSSR count). The number of amides is 2. The molecule has 13 N–H and O–H groups in total. The second-order valence-corrected chi connectivity index (χ2v) is 44.4. The maximum Gasteiger partial charge on any atom is 1.00 e. The minimum atomic E-state index is -1.13. The van der Waals surface area contributed by atoms with Crippen molar-refractivity contribution in [3.05, 3.63) is 68.5 Å². The molecule has 0 radical (unpaired) electrons. The van der Waals surface area contributed by atoms with E-state index in [-0.39, 0.29) is 174 Å². The topological polar surface area (TPSA) is 429 Å². The van der Waals surface area contributed by atoms with Crippen molar-refractivity contribution in [2.24, 2.45) is 162 Å². The monoisotopic (exact) mass is 1880 g/mol. The molecule has 0 bridgehead atoms. The Kier molecular flexibility index (Phi) is 37.2. The standard InChI is InChI=1S/C34H51ClN2O6.C33H49ClN2O6.C31H46ClNO5.C3H7NO2.Li.H2O/c1-6-22-26-16-21(38)9-12-34(26,4)25-10-13-33(3)23(7-8-24(33)29(25)30(22)40)19(2)11-14-43-32-27(35)15-20(17-37-32)31(41)36-18-28(39)42-5;1-5-21-25-15-20(37)8-11-33(25,4)24-9-12-32(3)22(6-7-23(32)28(24)29(21)40)18(2)10-13-42-31-26(34)14-19(16-36-31)30(41)35-17-27(38)39;1-5-20-24-15-19(34)8-11-31(24,4)23-9-12-30(3)21(6-7-22(30)26(23)27(20)35)17(2)10-13-38-28-25(32)14-18(16-33-28)29(36)37;1-6-3(5)2-4;;/h15,17,19,21-26,29-30,38,40H,6-14,16,18H2,1-5H3,(H,36,41);14,16,18,20-25,28-29,37,40H,5-13,15,17H2,1-4H3,(H,35,41)(H,38,39);14,16-17,19-24,26-27,34-35H,5-13,15H2,1-4H3,(H,36,37);2,4H2,1H3;;1H2/q;;;;+1;/p-1/t19-,21-,22-,23-,24+,25+,26+,29+,30-,33-,34-;18-,20-,21-,22-,23+,24+,25+,28+,29-,32-,33-;17-,19-,20-,21-,22+,23+,24+,26+,27-,30-,31-;;;/m111.../s1. The van der Waals surface area contributed by atoms with Crippen LogP contribution in [0, 0.1) is 157 Å². The van der Waals surface area contributed by atoms with E-state index in [4.69, 9.17) is 65.0 Å². The number of carboxylic acids is 2. The van der Waals surface area contributed by atoms with Crippen LogP contribution in [0.1, 0.15) is 288 Å². The third-order valence-corrected chi connectivity index (χ3v) is 38.3. The summed E-state index contributed by atoms with van der Waals surface area (Å²) in [4.78, 5) is 79.9. The van der Waals surface area contributed by atoms with E-state index in [0.717, 1.165) is 96.3 Å². The largest absolute Gasteiger partial charge is 1.00 e. The van der Waals surface area contributed by atoms with Gasteiger partial charge in [-0.1, -0.05) is 137 Å². The number of pyridine rings is 3. The second kappa shape index (κ2) is 45.2. The van der Waals surface area contributed by atoms with E-state index in [2.05, 4.69) is 118 Å². The Morgan fingerprint density at radius 1 is 0.427 bits per heavy atom. The molecule has 3 aromatic heterocycles. The summed E-state index contributed by atoms with van der Waals surface area (Å²) in [6, 6.07) is 4.33. The van der Waals surface area contributed by atoms with Crippen molar-refractivity contribution >= 4 is 70.5 Å². The minimum absolute atomic E-state index is 0. The van der Waals surface area contributed by atoms with Crippen LogP contribution in [0.3, 0.4) is 0 Å². The van der Waals surface area contributed by atoms with Crippen molar-refractivity contribution in [1.82, 2.24) is 25.6 Å². The van der Waals surface area contributed by atoms with E-state index >= 15 is 0 Å². The van der Waals surface area contributed by atoms with Gasteiger partial charge in [0.25, 0.3) is 11.8 Å². The molecule has 730 valence electrons. The summed E-state index contributed by atoms with van der Waals surface area (Å²) >= 11 is 18.9. The predicted molar refractivity (Wildman–Crippen MR) is 495 cm³/mol. The van der Waals surface area contributed by atoms with E-state index in [1.165, 1.54) is 128 Å². The number of carbonyl (C=O) groups is 6. The number of ether oxygens (including phenoxy) is 5. The number of rotatable bonds is 26. The van der Waals surface area contributed by atoms with Gasteiger partial charge >= 0.3 is 42.7 Å². The molecule has 131 heavy (non-hydrogen) atoms. The molecule has 0 aromatic carbocycles. The fourth-order valence-electron chi connectivity index (χ4n) is 31.1. The predicted octanol–water partition coefficient (Wildman–Crippen LogP) is 13.7. The van der Waals surface area contributed by atoms with Gasteiger partial charge in [-0.15, -0.1) is 0 Å². The van der Waals surface area contributed by atoms with Gasteiger partial charge in [-0.3, -0.25) is 24.0 Å². The third-order valence-electron chi connectivity index (χ3n) is 37.5. The fraction of sp³-hybridized carbons (Fsp3) is 0.792. The van der Waals surface area contributed by atoms with Gasteiger partial charge in [0, 0.05) is 18.6 Å². The number of halogens is 3. The molecule has 26 nitrogen and oxygen atoms in total. The number of aliphatic hydroxyl groups excluding tert-OH is 6. The number of hydrogen-bond acceptors (Lipinski definition) is 22. The summed E-state index contributed by atoms with van der Waals surface area (Å²) < 4.78 is 26.5. The summed E-state index contributed by atoms with van der Waals surface area (Å²) in [6.45, 7) is 29.3. The number of nitrogens with two attached hydrogens (primary N) is 1. The Morgan fingerprint density at radius 3 is 0.977 bits per heavy atom. The molecule has 0 spiro atoms. The van der Waals surface area contributed by atoms with Crippen LogP contribution >= 0.6 is 34.8 Å². The maximum atomic E-state index is 12.3. The molecule has 12 aliphatic rings. The molecule has 0 saturated heterocycles. The first-order chi connectivity index (χ1) is 61.2. The molecule has 3 heterocycles. The van der Waals surface area contributed by atoms with Gasteiger partial charge in [-0.25, -0.2) is 19.7 Å². The smallest absolute Gasteiger partial charge is 0.870 e. The van der Waals surface area contributed by atoms with Crippen LogP contribution in [0.15, 0.2) is 36.8 Å². The second-order valence-electron chi connectivity index (χ2n) is 43.2. The molecular formula is C101H154Cl3LiN6O20. The molecular weight excluding hydrogens is 1730 g/mol. The van der Waals surface area contributed by atoms with Gasteiger partial charge in [0.2, 0.25) is 17.6 Å². The Labute approximate surface area is 804 Å². The molecule has 0 unspecified atom stereocenters. The number of esters is 2. The SMILES string of the molecule is CC[C@H]1[C@@H](O)[C@@H]2[C@H](CC[C@]3(C)[C@@H]([C@H](C)CCOc4ncc(C(=O)NCC(=O)O)cc4Cl)CC[C@@H]23)[C@@]2(C)CC[C@@H](O)C[C@@H]12.CC[C@H]1[C@@H](O)[C@@H]2[C@H](CC[C@]3(C)[C@@H]([C@H](C)CCOc4ncc(C(=O)NCC(=O)OC)cc4Cl)CC[C@@H]23)[C@@]2(C)CC[C@@H](O)C[C@@H]12.CC[C@H]1[C@@H](O)[C@@H]2[C@H](CC[C@]3(C)[C@@H]([C@H](C)CCOc4ncc(C(=O)O)cc4Cl)CC[C@@H]23)[C@@]2(C)CC[C@@H](O)C[C@@H]12.COC(=O)CN.[Li+].[OH-]. The fourth-order valence-corrected chi connectivity index (χ4v) is 31.7. The van der Waals surface area contributed by atoms with E-state index in [9.17, 15) is 59.4 Å². The van der Waals surface area contributed by atoms with E-state index in [0.29, 0.717) is 132 Å². The average molecular weight is 1890 g/mol. The molecule has 12 saturated carbocycles. The van der Waals surface area contributed by atoms with Crippen molar-refractivity contribution in [3.8, 4) is 17.6 Å². The Bertz CT molecular complexity index is 4370. The first-order valence-corrected chi connectivity index (χ1v) is 50.1. The number of carbonyl (C=O) groups excluding carboxylic acids is 4. The van der Waals surface area contributed by atoms with Gasteiger partial charge in [-0.2, -0.15) is 0 Å². The van der Waals surface area contributed by atoms with Crippen LogP contribution in [-0.4, -0.2) is 187 Å². The summed E-state index contributed by atoms with van der Waals surface area (Å²) in [5.74, 6) is 6.15. The van der Waals surface area contributed by atoms with E-state index < -0.39 is 36.3 Å². The first-order valence-electron chi connectivity index (χ1n) is 48.9. The zero-order chi connectivity index (χ0) is 93.9. The molecule has 30 heteroatoms. The number of aliphatic hydroxyl groups is 6. The molecule has 0 aliphatic heterocycles. The third kappa shape index (κ3) is 22.0. The van der Waals surface area contributed by atoms with Gasteiger partial charge in [0.15, 0.2) is 0 Å². The van der Waals surface area contributed by atoms with E-state index in [1.807, 2.05) is 0 Å². The van der Waals surface area contributed by atoms with Crippen molar-refractivity contribution in [1.29, 1.82) is 0 Å². The van der Waals surface area contributed by atoms with Crippen LogP contribution in [0.4, 0.5) is 0 Å². The summed E-state index contributed by atoms with van der Waals surface area (Å²) in [5.41, 5.74) is 6.55. The average Bonchev–Trinajstić information content (AvgIpc) is 1.69. The van der Waals surface area contributed by atoms with Crippen molar-refractivity contribution in [2.45, 2.75) is 293 Å². The van der Waals surface area contributed by atoms with Crippen LogP contribution < -0.4 is 49.4 Å². The summed E-state index contributed by atoms with van der Waals surface area (Å²) in [7, 11) is 2.56. The number of carboxylic acid groups (broad SMARTS) is 2. The number of aliphatic carboxylic acids is 1. The number of hydrogen-bond donors (Lipinski definition) is 11. The summed E-state index contributed by atoms with van der Waals surface area (Å²) in [5, 5.41) is 90.7. The molecule has 33 atom stereocenters. The summed E-state index contributed by atoms with van der Waals surface area (Å²) in [6.07, 6.45) is 30.8. The zero-order valence-electron chi connectivity index (χ0n) is 80.5. The molecule has 3 aromatic rings. The van der Waals surface area contributed by atoms with Gasteiger partial charge in [0.05, 0.1) is 93.9 Å². The first kappa shape index (κ1) is 108. The zero-order valence-corrected chi connectivity index (χ0v) is 82.7. The van der Waals surface area contributed by atoms with Crippen LogP contribution in [0.2, 0.25) is 15.1 Å². The Balaban J connectivity index is 0.000000196. The number of fused-ring (bicyclic) bond motifs is 15. The quantitative estimate of drug-likeness (QED) is 0.0263.